The average molecular weight is 440 g/mol. The van der Waals surface area contributed by atoms with Gasteiger partial charge in [0.25, 0.3) is 0 Å². The van der Waals surface area contributed by atoms with E-state index >= 15 is 0 Å². The molecule has 0 unspecified atom stereocenters. The van der Waals surface area contributed by atoms with Crippen molar-refractivity contribution < 1.29 is 27.9 Å². The van der Waals surface area contributed by atoms with Gasteiger partial charge in [-0.2, -0.15) is 18.3 Å². The lowest BCUT2D eigenvalue weighted by Gasteiger charge is -2.26. The van der Waals surface area contributed by atoms with Crippen LogP contribution >= 0.6 is 0 Å². The van der Waals surface area contributed by atoms with Crippen molar-refractivity contribution in [1.29, 1.82) is 0 Å². The second kappa shape index (κ2) is 9.31. The Labute approximate surface area is 176 Å². The van der Waals surface area contributed by atoms with E-state index in [2.05, 4.69) is 25.5 Å². The number of hydrogen-bond donors (Lipinski definition) is 3. The number of carbonyl (C=O) groups excluding carboxylic acids is 1. The first-order chi connectivity index (χ1) is 14.6. The molecule has 2 aromatic rings. The molecule has 0 aliphatic heterocycles. The Hall–Kier alpha value is -3.18. The van der Waals surface area contributed by atoms with Crippen LogP contribution in [0.1, 0.15) is 48.7 Å². The minimum Gasteiger partial charge on any atom is -0.465 e. The van der Waals surface area contributed by atoms with Crippen molar-refractivity contribution in [3.05, 3.63) is 35.5 Å². The Bertz CT molecular complexity index is 915. The van der Waals surface area contributed by atoms with Crippen LogP contribution in [0.5, 0.6) is 0 Å². The van der Waals surface area contributed by atoms with Gasteiger partial charge in [0.15, 0.2) is 5.82 Å². The van der Waals surface area contributed by atoms with Crippen molar-refractivity contribution in [3.63, 3.8) is 0 Å². The molecule has 31 heavy (non-hydrogen) atoms. The number of alkyl halides is 3. The number of hydrogen-bond acceptors (Lipinski definition) is 5. The molecule has 0 aromatic carbocycles. The molecular formula is C19H23F3N6O3. The number of carbonyl (C=O) groups is 2. The molecule has 2 amide bonds. The second-order valence-electron chi connectivity index (χ2n) is 7.59. The highest BCUT2D eigenvalue weighted by molar-refractivity contribution is 5.91. The fourth-order valence-corrected chi connectivity index (χ4v) is 3.68. The van der Waals surface area contributed by atoms with E-state index < -0.39 is 31.3 Å². The van der Waals surface area contributed by atoms with Crippen LogP contribution in [-0.2, 0) is 11.2 Å². The van der Waals surface area contributed by atoms with Gasteiger partial charge in [0, 0.05) is 42.7 Å². The van der Waals surface area contributed by atoms with Crippen molar-refractivity contribution in [2.24, 2.45) is 0 Å². The van der Waals surface area contributed by atoms with Gasteiger partial charge in [0.05, 0.1) is 24.2 Å². The van der Waals surface area contributed by atoms with Gasteiger partial charge in [-0.3, -0.25) is 19.9 Å². The van der Waals surface area contributed by atoms with Crippen LogP contribution < -0.4 is 5.32 Å². The first-order valence-corrected chi connectivity index (χ1v) is 9.79. The van der Waals surface area contributed by atoms with Crippen molar-refractivity contribution in [2.75, 3.05) is 11.9 Å². The van der Waals surface area contributed by atoms with Gasteiger partial charge in [-0.05, 0) is 26.2 Å². The lowest BCUT2D eigenvalue weighted by atomic mass is 10.0. The molecule has 2 aromatic heterocycles. The highest BCUT2D eigenvalue weighted by Gasteiger charge is 2.36. The number of aromatic nitrogens is 4. The number of rotatable bonds is 7. The third kappa shape index (κ3) is 6.40. The van der Waals surface area contributed by atoms with Gasteiger partial charge in [-0.25, -0.2) is 4.79 Å². The SMILES string of the molecule is Cc1cnc(CC(=O)Nc2cc([C@H]3CC[C@@H](N(CCC(F)(F)F)C(=O)O)C3)[nH]n2)cn1. The van der Waals surface area contributed by atoms with Crippen molar-refractivity contribution in [1.82, 2.24) is 25.1 Å². The Balaban J connectivity index is 1.55. The van der Waals surface area contributed by atoms with E-state index in [1.54, 1.807) is 19.2 Å². The quantitative estimate of drug-likeness (QED) is 0.607. The van der Waals surface area contributed by atoms with E-state index in [1.807, 2.05) is 0 Å². The molecular weight excluding hydrogens is 417 g/mol. The summed E-state index contributed by atoms with van der Waals surface area (Å²) in [5.41, 5.74) is 1.97. The minimum absolute atomic E-state index is 0.0355. The zero-order chi connectivity index (χ0) is 22.6. The fourth-order valence-electron chi connectivity index (χ4n) is 3.68. The lowest BCUT2D eigenvalue weighted by Crippen LogP contribution is -2.40. The van der Waals surface area contributed by atoms with Crippen LogP contribution in [0.15, 0.2) is 18.5 Å². The third-order valence-corrected chi connectivity index (χ3v) is 5.21. The predicted octanol–water partition coefficient (Wildman–Crippen LogP) is 3.26. The van der Waals surface area contributed by atoms with Crippen LogP contribution in [0.3, 0.4) is 0 Å². The van der Waals surface area contributed by atoms with E-state index in [0.29, 0.717) is 36.5 Å². The zero-order valence-electron chi connectivity index (χ0n) is 16.8. The summed E-state index contributed by atoms with van der Waals surface area (Å²) < 4.78 is 37.5. The van der Waals surface area contributed by atoms with Crippen LogP contribution in [0.25, 0.3) is 0 Å². The van der Waals surface area contributed by atoms with Gasteiger partial charge >= 0.3 is 12.3 Å². The Morgan fingerprint density at radius 1 is 1.29 bits per heavy atom. The van der Waals surface area contributed by atoms with Gasteiger partial charge in [0.2, 0.25) is 5.91 Å². The second-order valence-corrected chi connectivity index (χ2v) is 7.59. The summed E-state index contributed by atoms with van der Waals surface area (Å²) >= 11 is 0. The Kier molecular flexibility index (Phi) is 6.76. The van der Waals surface area contributed by atoms with Gasteiger partial charge in [-0.1, -0.05) is 0 Å². The maximum Gasteiger partial charge on any atom is 0.407 e. The van der Waals surface area contributed by atoms with E-state index in [9.17, 15) is 27.9 Å². The molecule has 168 valence electrons. The van der Waals surface area contributed by atoms with E-state index in [4.69, 9.17) is 0 Å². The summed E-state index contributed by atoms with van der Waals surface area (Å²) in [6, 6.07) is 1.17. The van der Waals surface area contributed by atoms with Gasteiger partial charge in [0.1, 0.15) is 0 Å². The normalized spacial score (nSPS) is 18.7. The molecule has 1 fully saturated rings. The monoisotopic (exact) mass is 440 g/mol. The number of aromatic amines is 1. The molecule has 1 saturated carbocycles. The largest absolute Gasteiger partial charge is 0.465 e. The van der Waals surface area contributed by atoms with Crippen LogP contribution in [0.4, 0.5) is 23.8 Å². The van der Waals surface area contributed by atoms with E-state index in [0.717, 1.165) is 10.6 Å². The number of halogens is 3. The van der Waals surface area contributed by atoms with E-state index in [-0.39, 0.29) is 18.2 Å². The number of amides is 2. The van der Waals surface area contributed by atoms with Crippen LogP contribution in [-0.4, -0.2) is 60.9 Å². The topological polar surface area (TPSA) is 124 Å². The van der Waals surface area contributed by atoms with Crippen molar-refractivity contribution in [3.8, 4) is 0 Å². The third-order valence-electron chi connectivity index (χ3n) is 5.21. The molecule has 2 atom stereocenters. The van der Waals surface area contributed by atoms with Crippen LogP contribution in [0.2, 0.25) is 0 Å². The molecule has 0 bridgehead atoms. The molecule has 0 radical (unpaired) electrons. The highest BCUT2D eigenvalue weighted by Crippen LogP contribution is 2.37. The predicted molar refractivity (Wildman–Crippen MR) is 103 cm³/mol. The summed E-state index contributed by atoms with van der Waals surface area (Å²) in [7, 11) is 0. The molecule has 0 saturated heterocycles. The maximum atomic E-state index is 12.5. The molecule has 1 aliphatic carbocycles. The van der Waals surface area contributed by atoms with Gasteiger partial charge in [-0.15, -0.1) is 0 Å². The van der Waals surface area contributed by atoms with E-state index in [1.165, 1.54) is 6.20 Å². The van der Waals surface area contributed by atoms with Crippen LogP contribution in [0, 0.1) is 6.92 Å². The summed E-state index contributed by atoms with van der Waals surface area (Å²) in [4.78, 5) is 32.7. The Morgan fingerprint density at radius 2 is 2.06 bits per heavy atom. The number of nitrogens with zero attached hydrogens (tertiary/aromatic N) is 4. The molecule has 3 rings (SSSR count). The zero-order valence-corrected chi connectivity index (χ0v) is 16.8. The first kappa shape index (κ1) is 22.5. The van der Waals surface area contributed by atoms with Crippen molar-refractivity contribution >= 4 is 17.8 Å². The number of H-pyrrole nitrogens is 1. The maximum absolute atomic E-state index is 12.5. The Morgan fingerprint density at radius 3 is 2.71 bits per heavy atom. The van der Waals surface area contributed by atoms with Crippen molar-refractivity contribution in [2.45, 2.75) is 57.2 Å². The molecule has 9 nitrogen and oxygen atoms in total. The number of nitrogens with one attached hydrogen (secondary N) is 2. The fraction of sp³-hybridized carbons (Fsp3) is 0.526. The summed E-state index contributed by atoms with van der Waals surface area (Å²) in [6.45, 7) is 1.21. The average Bonchev–Trinajstić information content (AvgIpc) is 3.32. The summed E-state index contributed by atoms with van der Waals surface area (Å²) in [6.07, 6.45) is -2.36. The highest BCUT2D eigenvalue weighted by atomic mass is 19.4. The molecule has 0 spiro atoms. The lowest BCUT2D eigenvalue weighted by molar-refractivity contribution is -0.137. The standard InChI is InChI=1S/C19H23F3N6O3/c1-11-9-24-13(10-23-11)7-17(29)25-16-8-15(26-27-16)12-2-3-14(6-12)28(18(30)31)5-4-19(20,21)22/h8-10,12,14H,2-7H2,1H3,(H,30,31)(H2,25,26,27,29)/t12-,14+/m0/s1. The molecule has 3 N–H and O–H groups in total. The molecule has 12 heteroatoms. The smallest absolute Gasteiger partial charge is 0.407 e. The molecule has 2 heterocycles. The minimum atomic E-state index is -4.41. The summed E-state index contributed by atoms with van der Waals surface area (Å²) in [5.74, 6) is -0.0840. The number of aryl methyl sites for hydroxylation is 1. The first-order valence-electron chi connectivity index (χ1n) is 9.79. The molecule has 1 aliphatic rings. The van der Waals surface area contributed by atoms with Gasteiger partial charge < -0.3 is 15.3 Å². The number of anilines is 1. The number of carboxylic acid groups (broad SMARTS) is 1. The summed E-state index contributed by atoms with van der Waals surface area (Å²) in [5, 5.41) is 18.9.